The van der Waals surface area contributed by atoms with Gasteiger partial charge >= 0.3 is 0 Å². The molecule has 0 N–H and O–H groups in total. The van der Waals surface area contributed by atoms with Gasteiger partial charge in [0.1, 0.15) is 10.3 Å². The van der Waals surface area contributed by atoms with Gasteiger partial charge in [0, 0.05) is 10.3 Å². The smallest absolute Gasteiger partial charge is 0.108 e. The average Bonchev–Trinajstić information content (AvgIpc) is 1.69. The Hall–Kier alpha value is -0.600. The number of thiocarbonyl (C=S) groups is 2. The standard InChI is InChI=1S/C2N2OS2/c6-1-3-5-4-2-7. The van der Waals surface area contributed by atoms with Crippen molar-refractivity contribution in [3.63, 3.8) is 0 Å². The Balaban J connectivity index is 3.33. The van der Waals surface area contributed by atoms with E-state index >= 15 is 0 Å². The molecule has 0 spiro atoms. The highest BCUT2D eigenvalue weighted by Gasteiger charge is 1.57. The normalized spacial score (nSPS) is 5.14. The van der Waals surface area contributed by atoms with Crippen molar-refractivity contribution in [3.05, 3.63) is 0 Å². The van der Waals surface area contributed by atoms with Gasteiger partial charge in [0.25, 0.3) is 0 Å². The van der Waals surface area contributed by atoms with Gasteiger partial charge in [-0.15, -0.1) is 0 Å². The Morgan fingerprint density at radius 1 is 1.14 bits per heavy atom. The first-order valence-electron chi connectivity index (χ1n) is 1.22. The summed E-state index contributed by atoms with van der Waals surface area (Å²) in [5.41, 5.74) is 0. The second-order valence-corrected chi connectivity index (χ2v) is 0.812. The minimum atomic E-state index is 1.91. The predicted octanol–water partition coefficient (Wildman–Crippen LogP) is 1.04. The van der Waals surface area contributed by atoms with Crippen LogP contribution in [0.25, 0.3) is 0 Å². The van der Waals surface area contributed by atoms with Crippen LogP contribution in [0.1, 0.15) is 0 Å². The van der Waals surface area contributed by atoms with Crippen LogP contribution in [0.5, 0.6) is 0 Å². The van der Waals surface area contributed by atoms with Gasteiger partial charge in [-0.2, -0.15) is 0 Å². The molecule has 0 aliphatic heterocycles. The monoisotopic (exact) mass is 132 g/mol. The molecule has 0 aromatic heterocycles. The summed E-state index contributed by atoms with van der Waals surface area (Å²) >= 11 is 8.20. The fourth-order valence-electron chi connectivity index (χ4n) is 0.0537. The third kappa shape index (κ3) is 5.40. The highest BCUT2D eigenvalue weighted by Crippen LogP contribution is 1.68. The molecule has 7 heavy (non-hydrogen) atoms. The fourth-order valence-corrected chi connectivity index (χ4v) is 0.120. The van der Waals surface area contributed by atoms with E-state index in [1.165, 1.54) is 0 Å². The summed E-state index contributed by atoms with van der Waals surface area (Å²) in [6.07, 6.45) is 0. The molecule has 0 amide bonds. The average molecular weight is 132 g/mol. The quantitative estimate of drug-likeness (QED) is 0.320. The Morgan fingerprint density at radius 2 is 1.57 bits per heavy atom. The summed E-state index contributed by atoms with van der Waals surface area (Å²) in [4.78, 5) is 3.95. The highest BCUT2D eigenvalue weighted by molar-refractivity contribution is 7.78. The molecule has 0 rings (SSSR count). The predicted molar refractivity (Wildman–Crippen MR) is 31.1 cm³/mol. The minimum absolute atomic E-state index is 1.91. The number of rotatable bonds is 2. The van der Waals surface area contributed by atoms with Crippen LogP contribution in [0.4, 0.5) is 0 Å². The summed E-state index contributed by atoms with van der Waals surface area (Å²) in [6, 6.07) is 0. The molecule has 5 heteroatoms. The highest BCUT2D eigenvalue weighted by atomic mass is 32.1. The zero-order valence-electron chi connectivity index (χ0n) is 3.12. The van der Waals surface area contributed by atoms with Crippen LogP contribution in [0.2, 0.25) is 0 Å². The lowest BCUT2D eigenvalue weighted by Crippen LogP contribution is -1.59. The van der Waals surface area contributed by atoms with Crippen LogP contribution in [0.3, 0.4) is 0 Å². The zero-order chi connectivity index (χ0) is 5.54. The van der Waals surface area contributed by atoms with Gasteiger partial charge in [-0.3, -0.25) is 0 Å². The molecule has 0 aromatic rings. The molecule has 3 nitrogen and oxygen atoms in total. The van der Waals surface area contributed by atoms with E-state index in [-0.39, 0.29) is 0 Å². The lowest BCUT2D eigenvalue weighted by molar-refractivity contribution is 0.161. The van der Waals surface area contributed by atoms with E-state index < -0.39 is 0 Å². The maximum Gasteiger partial charge on any atom is 0.108 e. The Labute approximate surface area is 50.6 Å². The van der Waals surface area contributed by atoms with Gasteiger partial charge in [0.15, 0.2) is 0 Å². The van der Waals surface area contributed by atoms with E-state index in [2.05, 4.69) is 39.7 Å². The number of isothiocyanates is 2. The lowest BCUT2D eigenvalue weighted by atomic mass is 11.7. The molecule has 0 aliphatic carbocycles. The molecule has 0 fully saturated rings. The summed E-state index contributed by atoms with van der Waals surface area (Å²) < 4.78 is 0. The van der Waals surface area contributed by atoms with Gasteiger partial charge in [0.2, 0.25) is 0 Å². The molecule has 0 radical (unpaired) electrons. The molecular formula is C2N2OS2. The Bertz CT molecular complexity index is 117. The van der Waals surface area contributed by atoms with Crippen molar-refractivity contribution in [2.45, 2.75) is 0 Å². The molecule has 0 saturated heterocycles. The van der Waals surface area contributed by atoms with Crippen LogP contribution in [0, 0.1) is 0 Å². The van der Waals surface area contributed by atoms with Crippen molar-refractivity contribution in [2.24, 2.45) is 10.3 Å². The third-order valence-electron chi connectivity index (χ3n) is 0.156. The van der Waals surface area contributed by atoms with E-state index in [4.69, 9.17) is 0 Å². The number of nitrogens with zero attached hydrogens (tertiary/aromatic N) is 2. The van der Waals surface area contributed by atoms with Crippen molar-refractivity contribution in [2.75, 3.05) is 0 Å². The molecule has 0 unspecified atom stereocenters. The van der Waals surface area contributed by atoms with Gasteiger partial charge < -0.3 is 0 Å². The van der Waals surface area contributed by atoms with Gasteiger partial charge in [0.05, 0.1) is 0 Å². The van der Waals surface area contributed by atoms with Crippen LogP contribution in [-0.2, 0) is 4.94 Å². The van der Waals surface area contributed by atoms with E-state index in [0.717, 1.165) is 0 Å². The first-order valence-corrected chi connectivity index (χ1v) is 2.04. The molecule has 0 heterocycles. The molecule has 0 saturated carbocycles. The number of hydrogen-bond donors (Lipinski definition) is 0. The first-order chi connectivity index (χ1) is 3.41. The van der Waals surface area contributed by atoms with Crippen LogP contribution >= 0.6 is 24.4 Å². The van der Waals surface area contributed by atoms with Crippen molar-refractivity contribution >= 4 is 34.8 Å². The summed E-state index contributed by atoms with van der Waals surface area (Å²) in [7, 11) is 0. The maximum atomic E-state index is 4.10. The largest absolute Gasteiger partial charge is 0.225 e. The second kappa shape index (κ2) is 5.40. The van der Waals surface area contributed by atoms with Crippen LogP contribution < -0.4 is 0 Å². The third-order valence-corrected chi connectivity index (χ3v) is 0.305. The molecule has 0 atom stereocenters. The molecular weight excluding hydrogens is 132 g/mol. The molecule has 0 aromatic carbocycles. The van der Waals surface area contributed by atoms with E-state index in [1.54, 1.807) is 0 Å². The SMILES string of the molecule is S=C=NON=C=S. The van der Waals surface area contributed by atoms with Crippen molar-refractivity contribution in [1.29, 1.82) is 0 Å². The van der Waals surface area contributed by atoms with Crippen LogP contribution in [0.15, 0.2) is 10.3 Å². The van der Waals surface area contributed by atoms with Crippen molar-refractivity contribution in [1.82, 2.24) is 0 Å². The second-order valence-electron chi connectivity index (χ2n) is 0.447. The van der Waals surface area contributed by atoms with E-state index in [0.29, 0.717) is 0 Å². The number of hydrogen-bond acceptors (Lipinski definition) is 5. The minimum Gasteiger partial charge on any atom is -0.225 e. The van der Waals surface area contributed by atoms with E-state index in [9.17, 15) is 0 Å². The van der Waals surface area contributed by atoms with Gasteiger partial charge in [-0.1, -0.05) is 0 Å². The fraction of sp³-hybridized carbons (Fsp3) is 0. The van der Waals surface area contributed by atoms with Crippen molar-refractivity contribution < 1.29 is 4.94 Å². The Morgan fingerprint density at radius 3 is 1.86 bits per heavy atom. The molecule has 0 aliphatic rings. The topological polar surface area (TPSA) is 34.0 Å². The summed E-state index contributed by atoms with van der Waals surface area (Å²) in [5, 5.41) is 9.68. The van der Waals surface area contributed by atoms with Gasteiger partial charge in [-0.25, -0.2) is 4.94 Å². The summed E-state index contributed by atoms with van der Waals surface area (Å²) in [5.74, 6) is 0. The van der Waals surface area contributed by atoms with Crippen molar-refractivity contribution in [3.8, 4) is 0 Å². The zero-order valence-corrected chi connectivity index (χ0v) is 4.75. The Kier molecular flexibility index (Phi) is 4.94. The van der Waals surface area contributed by atoms with Gasteiger partial charge in [-0.05, 0) is 24.4 Å². The maximum absolute atomic E-state index is 4.10. The molecule has 36 valence electrons. The van der Waals surface area contributed by atoms with E-state index in [1.807, 2.05) is 10.3 Å². The first kappa shape index (κ1) is 6.40. The van der Waals surface area contributed by atoms with Crippen LogP contribution in [-0.4, -0.2) is 10.3 Å². The lowest BCUT2D eigenvalue weighted by Gasteiger charge is -1.69. The molecule has 0 bridgehead atoms. The summed E-state index contributed by atoms with van der Waals surface area (Å²) in [6.45, 7) is 0.